The van der Waals surface area contributed by atoms with Crippen molar-refractivity contribution in [2.24, 2.45) is 0 Å². The summed E-state index contributed by atoms with van der Waals surface area (Å²) in [4.78, 5) is 27.0. The van der Waals surface area contributed by atoms with Crippen LogP contribution in [0.5, 0.6) is 11.5 Å². The predicted octanol–water partition coefficient (Wildman–Crippen LogP) is 3.60. The number of rotatable bonds is 6. The van der Waals surface area contributed by atoms with E-state index in [0.717, 1.165) is 12.8 Å². The Morgan fingerprint density at radius 2 is 1.67 bits per heavy atom. The second kappa shape index (κ2) is 10.6. The van der Waals surface area contributed by atoms with Crippen LogP contribution >= 0.6 is 0 Å². The van der Waals surface area contributed by atoms with E-state index in [2.05, 4.69) is 15.8 Å². The molecule has 1 aliphatic heterocycles. The Morgan fingerprint density at radius 1 is 0.970 bits per heavy atom. The van der Waals surface area contributed by atoms with Gasteiger partial charge in [-0.3, -0.25) is 4.79 Å². The van der Waals surface area contributed by atoms with Crippen molar-refractivity contribution >= 4 is 11.9 Å². The van der Waals surface area contributed by atoms with Crippen molar-refractivity contribution in [3.05, 3.63) is 30.0 Å². The minimum absolute atomic E-state index is 0.0616. The number of aromatic nitrogens is 1. The maximum atomic E-state index is 13.0. The van der Waals surface area contributed by atoms with Crippen LogP contribution in [0.4, 0.5) is 4.79 Å². The standard InChI is InChI=1S/C24H32N4O5/c1-31-18-8-9-21(32-2)19(14-18)22-15-20(27-33-22)23(29)28-12-10-17(11-13-28)26-24(30)25-16-6-4-3-5-7-16/h8-9,14-17H,3-7,10-13H2,1-2H3,(H2,25,26,30). The Labute approximate surface area is 193 Å². The van der Waals surface area contributed by atoms with E-state index < -0.39 is 0 Å². The van der Waals surface area contributed by atoms with Crippen LogP contribution in [0.3, 0.4) is 0 Å². The first-order chi connectivity index (χ1) is 16.1. The molecule has 1 aromatic heterocycles. The molecule has 2 fully saturated rings. The topological polar surface area (TPSA) is 106 Å². The molecule has 1 saturated carbocycles. The zero-order chi connectivity index (χ0) is 23.2. The summed E-state index contributed by atoms with van der Waals surface area (Å²) in [5.74, 6) is 1.50. The average Bonchev–Trinajstić information content (AvgIpc) is 3.34. The number of ether oxygens (including phenoxy) is 2. The van der Waals surface area contributed by atoms with Crippen LogP contribution in [-0.4, -0.2) is 61.4 Å². The van der Waals surface area contributed by atoms with Crippen molar-refractivity contribution in [2.45, 2.75) is 57.0 Å². The van der Waals surface area contributed by atoms with E-state index in [1.54, 1.807) is 43.4 Å². The first kappa shape index (κ1) is 22.9. The van der Waals surface area contributed by atoms with E-state index in [1.807, 2.05) is 0 Å². The summed E-state index contributed by atoms with van der Waals surface area (Å²) < 4.78 is 16.1. The predicted molar refractivity (Wildman–Crippen MR) is 123 cm³/mol. The van der Waals surface area contributed by atoms with Gasteiger partial charge in [0.05, 0.1) is 19.8 Å². The Morgan fingerprint density at radius 3 is 2.33 bits per heavy atom. The molecule has 0 spiro atoms. The third-order valence-electron chi connectivity index (χ3n) is 6.46. The normalized spacial score (nSPS) is 17.5. The fraction of sp³-hybridized carbons (Fsp3) is 0.542. The molecule has 0 atom stereocenters. The van der Waals surface area contributed by atoms with E-state index >= 15 is 0 Å². The van der Waals surface area contributed by atoms with Crippen LogP contribution in [-0.2, 0) is 0 Å². The van der Waals surface area contributed by atoms with Crippen molar-refractivity contribution in [3.8, 4) is 22.8 Å². The monoisotopic (exact) mass is 456 g/mol. The number of methoxy groups -OCH3 is 2. The van der Waals surface area contributed by atoms with E-state index in [1.165, 1.54) is 19.3 Å². The van der Waals surface area contributed by atoms with Gasteiger partial charge < -0.3 is 29.5 Å². The number of hydrogen-bond donors (Lipinski definition) is 2. The molecule has 1 aliphatic carbocycles. The van der Waals surface area contributed by atoms with Crippen molar-refractivity contribution in [2.75, 3.05) is 27.3 Å². The first-order valence-corrected chi connectivity index (χ1v) is 11.6. The minimum atomic E-state index is -0.183. The number of hydrogen-bond acceptors (Lipinski definition) is 6. The van der Waals surface area contributed by atoms with Gasteiger partial charge in [0.2, 0.25) is 0 Å². The van der Waals surface area contributed by atoms with Crippen molar-refractivity contribution in [1.82, 2.24) is 20.7 Å². The number of urea groups is 1. The summed E-state index contributed by atoms with van der Waals surface area (Å²) in [7, 11) is 3.15. The molecular weight excluding hydrogens is 424 g/mol. The lowest BCUT2D eigenvalue weighted by molar-refractivity contribution is 0.0698. The highest BCUT2D eigenvalue weighted by Gasteiger charge is 2.27. The Balaban J connectivity index is 1.31. The molecule has 3 amide bonds. The summed E-state index contributed by atoms with van der Waals surface area (Å²) in [6, 6.07) is 7.22. The Bertz CT molecular complexity index is 962. The zero-order valence-electron chi connectivity index (χ0n) is 19.3. The third kappa shape index (κ3) is 5.58. The fourth-order valence-electron chi connectivity index (χ4n) is 4.56. The van der Waals surface area contributed by atoms with Gasteiger partial charge in [0.25, 0.3) is 5.91 Å². The molecule has 0 unspecified atom stereocenters. The molecular formula is C24H32N4O5. The van der Waals surface area contributed by atoms with Gasteiger partial charge >= 0.3 is 6.03 Å². The maximum Gasteiger partial charge on any atom is 0.315 e. The van der Waals surface area contributed by atoms with Crippen LogP contribution in [0, 0.1) is 0 Å². The summed E-state index contributed by atoms with van der Waals surface area (Å²) >= 11 is 0. The molecule has 33 heavy (non-hydrogen) atoms. The molecule has 2 aliphatic rings. The van der Waals surface area contributed by atoms with Gasteiger partial charge in [-0.25, -0.2) is 4.79 Å². The van der Waals surface area contributed by atoms with Gasteiger partial charge in [-0.05, 0) is 43.9 Å². The Kier molecular flexibility index (Phi) is 7.36. The van der Waals surface area contributed by atoms with Crippen molar-refractivity contribution in [1.29, 1.82) is 0 Å². The molecule has 9 heteroatoms. The largest absolute Gasteiger partial charge is 0.497 e. The number of nitrogens with one attached hydrogen (secondary N) is 2. The fourth-order valence-corrected chi connectivity index (χ4v) is 4.56. The second-order valence-electron chi connectivity index (χ2n) is 8.66. The van der Waals surface area contributed by atoms with Gasteiger partial charge in [0, 0.05) is 31.2 Å². The third-order valence-corrected chi connectivity index (χ3v) is 6.46. The minimum Gasteiger partial charge on any atom is -0.497 e. The molecule has 0 bridgehead atoms. The molecule has 9 nitrogen and oxygen atoms in total. The highest BCUT2D eigenvalue weighted by molar-refractivity contribution is 5.93. The Hall–Kier alpha value is -3.23. The van der Waals surface area contributed by atoms with Gasteiger partial charge in [-0.2, -0.15) is 0 Å². The van der Waals surface area contributed by atoms with Gasteiger partial charge in [-0.1, -0.05) is 24.4 Å². The average molecular weight is 457 g/mol. The van der Waals surface area contributed by atoms with Crippen LogP contribution < -0.4 is 20.1 Å². The first-order valence-electron chi connectivity index (χ1n) is 11.6. The number of amides is 3. The van der Waals surface area contributed by atoms with Gasteiger partial charge in [-0.15, -0.1) is 0 Å². The number of nitrogens with zero attached hydrogens (tertiary/aromatic N) is 2. The molecule has 2 heterocycles. The lowest BCUT2D eigenvalue weighted by atomic mass is 9.96. The van der Waals surface area contributed by atoms with Crippen LogP contribution in [0.15, 0.2) is 28.8 Å². The molecule has 4 rings (SSSR count). The summed E-state index contributed by atoms with van der Waals surface area (Å²) in [5, 5.41) is 10.1. The van der Waals surface area contributed by atoms with E-state index in [4.69, 9.17) is 14.0 Å². The van der Waals surface area contributed by atoms with Gasteiger partial charge in [0.15, 0.2) is 11.5 Å². The van der Waals surface area contributed by atoms with E-state index in [-0.39, 0.29) is 29.7 Å². The van der Waals surface area contributed by atoms with Crippen LogP contribution in [0.1, 0.15) is 55.4 Å². The summed E-state index contributed by atoms with van der Waals surface area (Å²) in [5.41, 5.74) is 0.909. The van der Waals surface area contributed by atoms with Gasteiger partial charge in [0.1, 0.15) is 11.5 Å². The quantitative estimate of drug-likeness (QED) is 0.688. The van der Waals surface area contributed by atoms with E-state index in [0.29, 0.717) is 48.8 Å². The lowest BCUT2D eigenvalue weighted by Crippen LogP contribution is -2.51. The maximum absolute atomic E-state index is 13.0. The smallest absolute Gasteiger partial charge is 0.315 e. The van der Waals surface area contributed by atoms with Crippen LogP contribution in [0.25, 0.3) is 11.3 Å². The molecule has 178 valence electrons. The second-order valence-corrected chi connectivity index (χ2v) is 8.66. The SMILES string of the molecule is COc1ccc(OC)c(-c2cc(C(=O)N3CCC(NC(=O)NC4CCCCC4)CC3)no2)c1. The summed E-state index contributed by atoms with van der Waals surface area (Å²) in [6.45, 7) is 1.11. The van der Waals surface area contributed by atoms with E-state index in [9.17, 15) is 9.59 Å². The highest BCUT2D eigenvalue weighted by Crippen LogP contribution is 2.34. The number of carbonyl (C=O) groups excluding carboxylic acids is 2. The zero-order valence-corrected chi connectivity index (χ0v) is 19.3. The number of piperidine rings is 1. The molecule has 2 aromatic rings. The summed E-state index contributed by atoms with van der Waals surface area (Å²) in [6.07, 6.45) is 7.14. The number of likely N-dealkylation sites (tertiary alicyclic amines) is 1. The van der Waals surface area contributed by atoms with Crippen molar-refractivity contribution in [3.63, 3.8) is 0 Å². The number of carbonyl (C=O) groups is 2. The number of benzene rings is 1. The van der Waals surface area contributed by atoms with Crippen molar-refractivity contribution < 1.29 is 23.6 Å². The lowest BCUT2D eigenvalue weighted by Gasteiger charge is -2.32. The molecule has 1 aromatic carbocycles. The van der Waals surface area contributed by atoms with Crippen LogP contribution in [0.2, 0.25) is 0 Å². The highest BCUT2D eigenvalue weighted by atomic mass is 16.5. The molecule has 2 N–H and O–H groups in total. The molecule has 0 radical (unpaired) electrons. The molecule has 1 saturated heterocycles.